The topological polar surface area (TPSA) is 9.86 Å². The first-order chi connectivity index (χ1) is 40.8. The molecule has 440 valence electrons. The van der Waals surface area contributed by atoms with Crippen LogP contribution in [0, 0.1) is 34.6 Å². The van der Waals surface area contributed by atoms with Gasteiger partial charge in [-0.15, -0.1) is 0 Å². The Balaban J connectivity index is 1.12. The van der Waals surface area contributed by atoms with E-state index < -0.39 is 69.8 Å². The van der Waals surface area contributed by atoms with Crippen molar-refractivity contribution in [2.24, 2.45) is 0 Å². The van der Waals surface area contributed by atoms with E-state index in [4.69, 9.17) is 0 Å². The van der Waals surface area contributed by atoms with Crippen molar-refractivity contribution in [1.82, 2.24) is 9.13 Å². The number of aromatic nitrogens is 2. The van der Waals surface area contributed by atoms with Crippen LogP contribution in [0.3, 0.4) is 0 Å². The van der Waals surface area contributed by atoms with Gasteiger partial charge in [0, 0.05) is 27.2 Å². The molecule has 0 aliphatic rings. The Labute approximate surface area is 487 Å². The summed E-state index contributed by atoms with van der Waals surface area (Å²) in [6.45, 7) is 9.43. The molecule has 2 heterocycles. The van der Waals surface area contributed by atoms with E-state index >= 15 is 13.2 Å². The number of hydrogen-bond donors (Lipinski definition) is 0. The molecule has 0 spiro atoms. The van der Waals surface area contributed by atoms with Crippen LogP contribution in [-0.2, 0) is 30.9 Å². The summed E-state index contributed by atoms with van der Waals surface area (Å²) in [5, 5.41) is 1.89. The summed E-state index contributed by atoms with van der Waals surface area (Å²) in [5.41, 5.74) is 0.0203. The summed E-state index contributed by atoms with van der Waals surface area (Å²) >= 11 is 0. The van der Waals surface area contributed by atoms with Gasteiger partial charge >= 0.3 is 30.9 Å². The second-order valence-electron chi connectivity index (χ2n) is 22.0. The van der Waals surface area contributed by atoms with Gasteiger partial charge in [0.15, 0.2) is 0 Å². The molecular formula is C70H45F15N2. The predicted molar refractivity (Wildman–Crippen MR) is 311 cm³/mol. The van der Waals surface area contributed by atoms with E-state index in [2.05, 4.69) is 0 Å². The highest BCUT2D eigenvalue weighted by Crippen LogP contribution is 2.48. The number of alkyl halides is 15. The molecule has 10 aromatic carbocycles. The van der Waals surface area contributed by atoms with E-state index in [0.717, 1.165) is 50.6 Å². The maximum atomic E-state index is 15.8. The fourth-order valence-electron chi connectivity index (χ4n) is 12.1. The van der Waals surface area contributed by atoms with E-state index in [1.807, 2.05) is 100 Å². The second kappa shape index (κ2) is 20.4. The van der Waals surface area contributed by atoms with Crippen molar-refractivity contribution < 1.29 is 65.9 Å². The van der Waals surface area contributed by atoms with Gasteiger partial charge in [-0.3, -0.25) is 0 Å². The number of fused-ring (bicyclic) bond motifs is 6. The molecular weight excluding hydrogens is 1150 g/mol. The summed E-state index contributed by atoms with van der Waals surface area (Å²) in [7, 11) is 0. The summed E-state index contributed by atoms with van der Waals surface area (Å²) < 4.78 is 223. The summed E-state index contributed by atoms with van der Waals surface area (Å²) in [6, 6.07) is 41.8. The van der Waals surface area contributed by atoms with E-state index in [9.17, 15) is 52.7 Å². The molecule has 0 fully saturated rings. The summed E-state index contributed by atoms with van der Waals surface area (Å²) in [6.07, 6.45) is -25.8. The Kier molecular flexibility index (Phi) is 13.7. The lowest BCUT2D eigenvalue weighted by Crippen LogP contribution is -2.12. The Hall–Kier alpha value is -9.25. The Bertz CT molecular complexity index is 4550. The monoisotopic (exact) mass is 1200 g/mol. The molecule has 0 amide bonds. The molecule has 87 heavy (non-hydrogen) atoms. The van der Waals surface area contributed by atoms with Gasteiger partial charge in [0.25, 0.3) is 0 Å². The van der Waals surface area contributed by atoms with Crippen LogP contribution in [0.5, 0.6) is 0 Å². The zero-order valence-electron chi connectivity index (χ0n) is 46.4. The van der Waals surface area contributed by atoms with Crippen molar-refractivity contribution in [2.75, 3.05) is 0 Å². The van der Waals surface area contributed by atoms with Crippen molar-refractivity contribution in [3.63, 3.8) is 0 Å². The SMILES string of the molecule is Cc1ccc(-c2ccc3c4ccc(-c5ccc(C)cc5C)cc4n(-c4cc(-c5ccc(C)c(-n6c7cc(-c8ccc(C(F)(F)F)cc8C(F)(F)F)ccc7c7ccc(-c8ccc(C(F)(F)F)cc8C(F)(F)F)cc76)c5)ccc4C(F)(F)F)c3c2)c(C)c1. The third-order valence-electron chi connectivity index (χ3n) is 16.2. The van der Waals surface area contributed by atoms with Crippen molar-refractivity contribution in [3.8, 4) is 67.0 Å². The van der Waals surface area contributed by atoms with Gasteiger partial charge in [-0.1, -0.05) is 126 Å². The Morgan fingerprint density at radius 2 is 0.563 bits per heavy atom. The molecule has 0 aliphatic heterocycles. The van der Waals surface area contributed by atoms with E-state index in [0.29, 0.717) is 57.2 Å². The van der Waals surface area contributed by atoms with Gasteiger partial charge in [0.1, 0.15) is 0 Å². The molecule has 0 atom stereocenters. The van der Waals surface area contributed by atoms with Gasteiger partial charge in [-0.2, -0.15) is 65.9 Å². The molecule has 2 aromatic heterocycles. The molecule has 12 rings (SSSR count). The van der Waals surface area contributed by atoms with Crippen LogP contribution in [0.25, 0.3) is 111 Å². The van der Waals surface area contributed by atoms with Crippen LogP contribution in [0.1, 0.15) is 55.6 Å². The lowest BCUT2D eigenvalue weighted by atomic mass is 9.95. The Morgan fingerprint density at radius 3 is 0.920 bits per heavy atom. The first-order valence-electron chi connectivity index (χ1n) is 27.1. The van der Waals surface area contributed by atoms with Crippen LogP contribution >= 0.6 is 0 Å². The third kappa shape index (κ3) is 10.4. The fraction of sp³-hybridized carbons (Fsp3) is 0.143. The van der Waals surface area contributed by atoms with Gasteiger partial charge in [0.05, 0.1) is 55.6 Å². The standard InChI is InChI=1S/C70H45F15N2/c1-36-6-17-49(39(4)26-36)43-10-19-55-56-20-11-44(50-18-7-37(2)27-40(50)5)31-64(56)87(63(55)30-43)65-29-42(14-25-57(65)68(77,78)79)41-9-8-38(3)60(28-41)86-61-32-45(51-23-15-47(66(71,72)73)34-58(51)69(80,81)82)12-21-53(61)54-22-13-46(33-62(54)86)52-24-16-48(67(74,75)76)35-59(52)70(83,84)85/h6-35H,1-5H3. The smallest absolute Gasteiger partial charge is 0.309 e. The van der Waals surface area contributed by atoms with Gasteiger partial charge in [0.2, 0.25) is 0 Å². The largest absolute Gasteiger partial charge is 0.418 e. The van der Waals surface area contributed by atoms with Crippen molar-refractivity contribution in [1.29, 1.82) is 0 Å². The zero-order chi connectivity index (χ0) is 62.2. The van der Waals surface area contributed by atoms with Crippen LogP contribution < -0.4 is 0 Å². The highest BCUT2D eigenvalue weighted by atomic mass is 19.4. The highest BCUT2D eigenvalue weighted by molar-refractivity contribution is 6.13. The molecule has 0 radical (unpaired) electrons. The number of hydrogen-bond acceptors (Lipinski definition) is 0. The molecule has 0 bridgehead atoms. The van der Waals surface area contributed by atoms with Crippen LogP contribution in [0.4, 0.5) is 65.9 Å². The van der Waals surface area contributed by atoms with E-state index in [-0.39, 0.29) is 62.0 Å². The minimum Gasteiger partial charge on any atom is -0.309 e. The molecule has 12 aromatic rings. The average Bonchev–Trinajstić information content (AvgIpc) is 1.64. The number of rotatable bonds is 7. The lowest BCUT2D eigenvalue weighted by Gasteiger charge is -2.19. The zero-order valence-corrected chi connectivity index (χ0v) is 46.4. The maximum Gasteiger partial charge on any atom is 0.418 e. The van der Waals surface area contributed by atoms with Crippen LogP contribution in [0.15, 0.2) is 182 Å². The molecule has 0 unspecified atom stereocenters. The summed E-state index contributed by atoms with van der Waals surface area (Å²) in [5.74, 6) is 0. The minimum absolute atomic E-state index is 0.0112. The molecule has 0 aliphatic carbocycles. The minimum atomic E-state index is -5.31. The molecule has 0 N–H and O–H groups in total. The third-order valence-corrected chi connectivity index (χ3v) is 16.2. The highest BCUT2D eigenvalue weighted by Gasteiger charge is 2.41. The van der Waals surface area contributed by atoms with Gasteiger partial charge in [-0.25, -0.2) is 0 Å². The first-order valence-corrected chi connectivity index (χ1v) is 27.1. The van der Waals surface area contributed by atoms with Gasteiger partial charge < -0.3 is 9.13 Å². The summed E-state index contributed by atoms with van der Waals surface area (Å²) in [4.78, 5) is 0. The number of aryl methyl sites for hydroxylation is 5. The fourth-order valence-corrected chi connectivity index (χ4v) is 12.1. The number of halogens is 15. The Morgan fingerprint density at radius 1 is 0.241 bits per heavy atom. The van der Waals surface area contributed by atoms with E-state index in [1.54, 1.807) is 29.7 Å². The van der Waals surface area contributed by atoms with Gasteiger partial charge in [-0.05, 0) is 174 Å². The molecule has 17 heteroatoms. The number of benzene rings is 10. The molecule has 0 saturated heterocycles. The first kappa shape index (κ1) is 58.1. The second-order valence-corrected chi connectivity index (χ2v) is 22.0. The molecule has 2 nitrogen and oxygen atoms in total. The predicted octanol–water partition coefficient (Wildman–Crippen LogP) is 22.9. The maximum absolute atomic E-state index is 15.8. The quantitative estimate of drug-likeness (QED) is 0.141. The van der Waals surface area contributed by atoms with Crippen LogP contribution in [-0.4, -0.2) is 9.13 Å². The van der Waals surface area contributed by atoms with Crippen molar-refractivity contribution in [3.05, 3.63) is 238 Å². The number of nitrogens with zero attached hydrogens (tertiary/aromatic N) is 2. The van der Waals surface area contributed by atoms with Crippen molar-refractivity contribution in [2.45, 2.75) is 65.5 Å². The normalized spacial score (nSPS) is 12.8. The van der Waals surface area contributed by atoms with E-state index in [1.165, 1.54) is 53.1 Å². The lowest BCUT2D eigenvalue weighted by molar-refractivity contribution is -0.144. The molecule has 0 saturated carbocycles. The van der Waals surface area contributed by atoms with Crippen LogP contribution in [0.2, 0.25) is 0 Å². The average molecular weight is 1200 g/mol. The van der Waals surface area contributed by atoms with Crippen molar-refractivity contribution >= 4 is 43.6 Å².